The summed E-state index contributed by atoms with van der Waals surface area (Å²) in [5, 5.41) is 22.3. The maximum atomic E-state index is 12.7. The van der Waals surface area contributed by atoms with Gasteiger partial charge in [-0.05, 0) is 81.4 Å². The van der Waals surface area contributed by atoms with E-state index in [0.29, 0.717) is 24.6 Å². The molecule has 32 heavy (non-hydrogen) atoms. The molecule has 1 aliphatic heterocycles. The van der Waals surface area contributed by atoms with Gasteiger partial charge in [0.15, 0.2) is 0 Å². The molecule has 6 heteroatoms. The van der Waals surface area contributed by atoms with Crippen molar-refractivity contribution in [2.75, 3.05) is 0 Å². The molecular formula is C26H42N4O2. The van der Waals surface area contributed by atoms with Crippen molar-refractivity contribution in [2.45, 2.75) is 104 Å². The zero-order valence-corrected chi connectivity index (χ0v) is 20.6. The van der Waals surface area contributed by atoms with Crippen LogP contribution in [0.1, 0.15) is 90.7 Å². The highest BCUT2D eigenvalue weighted by Gasteiger charge is 2.49. The fraction of sp³-hybridized carbons (Fsp3) is 0.731. The van der Waals surface area contributed by atoms with Gasteiger partial charge in [-0.25, -0.2) is 0 Å². The van der Waals surface area contributed by atoms with E-state index in [1.807, 2.05) is 37.9 Å². The normalized spacial score (nSPS) is 24.6. The van der Waals surface area contributed by atoms with E-state index >= 15 is 0 Å². The molecule has 4 atom stereocenters. The second-order valence-electron chi connectivity index (χ2n) is 11.4. The standard InChI is InChI=1S/C26H42N4O2/c1-6-7-18(24(32)29-25(2,3)4)8-10-26(5)14-21(26)12-22(27)13-23(31)30-16-19-9-11-28-15-20(19)17-30/h9,11,15,18,21,23,27,31H,6-8,10,12-14,16-17H2,1-5H3,(H,29,32). The fourth-order valence-corrected chi connectivity index (χ4v) is 5.05. The number of rotatable bonds is 11. The Kier molecular flexibility index (Phi) is 7.77. The Morgan fingerprint density at radius 3 is 2.72 bits per heavy atom. The summed E-state index contributed by atoms with van der Waals surface area (Å²) in [5.41, 5.74) is 3.05. The van der Waals surface area contributed by atoms with E-state index in [1.54, 1.807) is 6.20 Å². The lowest BCUT2D eigenvalue weighted by molar-refractivity contribution is -0.127. The molecule has 1 aromatic rings. The molecule has 1 amide bonds. The molecule has 1 fully saturated rings. The van der Waals surface area contributed by atoms with Crippen molar-refractivity contribution in [3.8, 4) is 0 Å². The van der Waals surface area contributed by atoms with Crippen molar-refractivity contribution in [1.29, 1.82) is 5.41 Å². The quantitative estimate of drug-likeness (QED) is 0.435. The number of carbonyl (C=O) groups excluding carboxylic acids is 1. The number of aliphatic hydroxyl groups is 1. The number of aliphatic hydroxyl groups excluding tert-OH is 1. The average Bonchev–Trinajstić information content (AvgIpc) is 3.12. The minimum Gasteiger partial charge on any atom is -0.378 e. The van der Waals surface area contributed by atoms with Gasteiger partial charge in [-0.2, -0.15) is 0 Å². The van der Waals surface area contributed by atoms with Crippen LogP contribution >= 0.6 is 0 Å². The Balaban J connectivity index is 1.43. The fourth-order valence-electron chi connectivity index (χ4n) is 5.05. The van der Waals surface area contributed by atoms with Crippen LogP contribution in [0, 0.1) is 22.7 Å². The molecule has 3 rings (SSSR count). The molecular weight excluding hydrogens is 400 g/mol. The van der Waals surface area contributed by atoms with Gasteiger partial charge < -0.3 is 15.8 Å². The van der Waals surface area contributed by atoms with E-state index in [0.717, 1.165) is 45.1 Å². The van der Waals surface area contributed by atoms with E-state index in [-0.39, 0.29) is 22.8 Å². The molecule has 2 aliphatic rings. The summed E-state index contributed by atoms with van der Waals surface area (Å²) in [6.45, 7) is 12.0. The van der Waals surface area contributed by atoms with Crippen molar-refractivity contribution in [3.05, 3.63) is 29.6 Å². The van der Waals surface area contributed by atoms with Crippen LogP contribution in [0.3, 0.4) is 0 Å². The number of nitrogens with one attached hydrogen (secondary N) is 2. The first kappa shape index (κ1) is 24.8. The Morgan fingerprint density at radius 2 is 2.06 bits per heavy atom. The summed E-state index contributed by atoms with van der Waals surface area (Å²) in [6.07, 6.45) is 9.21. The molecule has 0 aromatic carbocycles. The van der Waals surface area contributed by atoms with Gasteiger partial charge in [0.1, 0.15) is 6.23 Å². The molecule has 0 bridgehead atoms. The summed E-state index contributed by atoms with van der Waals surface area (Å²) < 4.78 is 0. The average molecular weight is 443 g/mol. The van der Waals surface area contributed by atoms with Gasteiger partial charge in [0.25, 0.3) is 0 Å². The first-order chi connectivity index (χ1) is 15.0. The minimum atomic E-state index is -0.616. The number of aromatic nitrogens is 1. The third-order valence-corrected chi connectivity index (χ3v) is 7.20. The topological polar surface area (TPSA) is 89.3 Å². The maximum absolute atomic E-state index is 12.7. The van der Waals surface area contributed by atoms with Gasteiger partial charge >= 0.3 is 0 Å². The lowest BCUT2D eigenvalue weighted by Gasteiger charge is -2.26. The first-order valence-corrected chi connectivity index (χ1v) is 12.2. The lowest BCUT2D eigenvalue weighted by Crippen LogP contribution is -2.44. The van der Waals surface area contributed by atoms with Crippen molar-refractivity contribution in [2.24, 2.45) is 17.3 Å². The highest BCUT2D eigenvalue weighted by atomic mass is 16.3. The van der Waals surface area contributed by atoms with E-state index in [9.17, 15) is 9.90 Å². The number of hydrogen-bond donors (Lipinski definition) is 3. The summed E-state index contributed by atoms with van der Waals surface area (Å²) in [7, 11) is 0. The third kappa shape index (κ3) is 6.61. The van der Waals surface area contributed by atoms with E-state index in [2.05, 4.69) is 24.1 Å². The van der Waals surface area contributed by atoms with Gasteiger partial charge in [-0.1, -0.05) is 20.3 Å². The van der Waals surface area contributed by atoms with Crippen molar-refractivity contribution in [1.82, 2.24) is 15.2 Å². The molecule has 0 saturated heterocycles. The number of fused-ring (bicyclic) bond motifs is 1. The van der Waals surface area contributed by atoms with Crippen LogP contribution in [0.15, 0.2) is 18.5 Å². The molecule has 1 aromatic heterocycles. The first-order valence-electron chi connectivity index (χ1n) is 12.2. The molecule has 1 aliphatic carbocycles. The van der Waals surface area contributed by atoms with E-state index in [1.165, 1.54) is 11.1 Å². The highest BCUT2D eigenvalue weighted by Crippen LogP contribution is 2.58. The van der Waals surface area contributed by atoms with Crippen LogP contribution in [0.5, 0.6) is 0 Å². The predicted molar refractivity (Wildman–Crippen MR) is 128 cm³/mol. The molecule has 4 unspecified atom stereocenters. The number of carbonyl (C=O) groups is 1. The molecule has 6 nitrogen and oxygen atoms in total. The highest BCUT2D eigenvalue weighted by molar-refractivity contribution is 5.82. The number of hydrogen-bond acceptors (Lipinski definition) is 5. The largest absolute Gasteiger partial charge is 0.378 e. The van der Waals surface area contributed by atoms with Crippen LogP contribution in [0.4, 0.5) is 0 Å². The minimum absolute atomic E-state index is 0.0739. The van der Waals surface area contributed by atoms with Crippen LogP contribution in [0.2, 0.25) is 0 Å². The van der Waals surface area contributed by atoms with Crippen molar-refractivity contribution >= 4 is 11.6 Å². The second kappa shape index (κ2) is 10.0. The predicted octanol–water partition coefficient (Wildman–Crippen LogP) is 4.65. The van der Waals surface area contributed by atoms with Crippen LogP contribution in [-0.2, 0) is 17.9 Å². The number of nitrogens with zero attached hydrogens (tertiary/aromatic N) is 2. The SMILES string of the molecule is CCCC(CCC1(C)CC1CC(=N)CC(O)N1Cc2ccncc2C1)C(=O)NC(C)(C)C. The third-order valence-electron chi connectivity index (χ3n) is 7.20. The molecule has 2 heterocycles. The van der Waals surface area contributed by atoms with E-state index < -0.39 is 6.23 Å². The molecule has 0 spiro atoms. The summed E-state index contributed by atoms with van der Waals surface area (Å²) >= 11 is 0. The van der Waals surface area contributed by atoms with Crippen LogP contribution in [-0.4, -0.2) is 38.4 Å². The Bertz CT molecular complexity index is 793. The van der Waals surface area contributed by atoms with Gasteiger partial charge in [0, 0.05) is 49.1 Å². The molecule has 3 N–H and O–H groups in total. The monoisotopic (exact) mass is 442 g/mol. The smallest absolute Gasteiger partial charge is 0.223 e. The zero-order chi connectivity index (χ0) is 23.5. The van der Waals surface area contributed by atoms with Crippen LogP contribution < -0.4 is 5.32 Å². The van der Waals surface area contributed by atoms with Gasteiger partial charge in [-0.15, -0.1) is 0 Å². The number of pyridine rings is 1. The Morgan fingerprint density at radius 1 is 1.34 bits per heavy atom. The Hall–Kier alpha value is -1.79. The van der Waals surface area contributed by atoms with Gasteiger partial charge in [0.05, 0.1) is 0 Å². The zero-order valence-electron chi connectivity index (χ0n) is 20.6. The van der Waals surface area contributed by atoms with E-state index in [4.69, 9.17) is 5.41 Å². The molecule has 1 saturated carbocycles. The van der Waals surface area contributed by atoms with Crippen LogP contribution in [0.25, 0.3) is 0 Å². The van der Waals surface area contributed by atoms with Gasteiger partial charge in [0.2, 0.25) is 5.91 Å². The summed E-state index contributed by atoms with van der Waals surface area (Å²) in [4.78, 5) is 18.9. The van der Waals surface area contributed by atoms with Gasteiger partial charge in [-0.3, -0.25) is 14.7 Å². The summed E-state index contributed by atoms with van der Waals surface area (Å²) in [6, 6.07) is 2.01. The van der Waals surface area contributed by atoms with Crippen molar-refractivity contribution in [3.63, 3.8) is 0 Å². The maximum Gasteiger partial charge on any atom is 0.223 e. The molecule has 0 radical (unpaired) electrons. The van der Waals surface area contributed by atoms with Crippen molar-refractivity contribution < 1.29 is 9.90 Å². The number of amides is 1. The lowest BCUT2D eigenvalue weighted by atomic mass is 9.88. The Labute approximate surface area is 193 Å². The summed E-state index contributed by atoms with van der Waals surface area (Å²) in [5.74, 6) is 0.748. The second-order valence-corrected chi connectivity index (χ2v) is 11.4. The molecule has 178 valence electrons.